The average molecular weight is 275 g/mol. The molecule has 0 radical (unpaired) electrons. The summed E-state index contributed by atoms with van der Waals surface area (Å²) in [6.45, 7) is 12.8. The van der Waals surface area contributed by atoms with Gasteiger partial charge in [0.15, 0.2) is 0 Å². The van der Waals surface area contributed by atoms with Gasteiger partial charge >= 0.3 is 0 Å². The van der Waals surface area contributed by atoms with Crippen LogP contribution >= 0.6 is 0 Å². The van der Waals surface area contributed by atoms with Gasteiger partial charge < -0.3 is 5.32 Å². The molecule has 1 aromatic rings. The maximum absolute atomic E-state index is 3.74. The van der Waals surface area contributed by atoms with Crippen molar-refractivity contribution < 1.29 is 0 Å². The Bertz CT molecular complexity index is 350. The van der Waals surface area contributed by atoms with E-state index in [1.54, 1.807) is 0 Å². The third-order valence-electron chi connectivity index (χ3n) is 4.42. The predicted molar refractivity (Wildman–Crippen MR) is 90.1 cm³/mol. The summed E-state index contributed by atoms with van der Waals surface area (Å²) in [6.07, 6.45) is 4.91. The van der Waals surface area contributed by atoms with Crippen LogP contribution in [0.3, 0.4) is 0 Å². The molecule has 0 heterocycles. The Morgan fingerprint density at radius 2 is 1.75 bits per heavy atom. The zero-order chi connectivity index (χ0) is 15.0. The molecule has 0 fully saturated rings. The Kier molecular flexibility index (Phi) is 7.29. The van der Waals surface area contributed by atoms with Crippen LogP contribution in [0.5, 0.6) is 0 Å². The molecule has 0 saturated carbocycles. The van der Waals surface area contributed by atoms with Gasteiger partial charge in [0.2, 0.25) is 0 Å². The van der Waals surface area contributed by atoms with Crippen molar-refractivity contribution >= 4 is 0 Å². The molecular formula is C19H33N. The lowest BCUT2D eigenvalue weighted by molar-refractivity contribution is 0.219. The van der Waals surface area contributed by atoms with E-state index in [1.807, 2.05) is 0 Å². The van der Waals surface area contributed by atoms with Gasteiger partial charge in [-0.25, -0.2) is 0 Å². The lowest BCUT2D eigenvalue weighted by Gasteiger charge is -2.31. The van der Waals surface area contributed by atoms with Crippen molar-refractivity contribution in [3.8, 4) is 0 Å². The van der Waals surface area contributed by atoms with E-state index >= 15 is 0 Å². The molecule has 0 aliphatic carbocycles. The largest absolute Gasteiger partial charge is 0.314 e. The summed E-state index contributed by atoms with van der Waals surface area (Å²) in [5.41, 5.74) is 1.86. The Labute approximate surface area is 126 Å². The molecule has 1 aromatic carbocycles. The maximum Gasteiger partial charge on any atom is 0.00729 e. The van der Waals surface area contributed by atoms with Crippen LogP contribution in [0.15, 0.2) is 30.3 Å². The molecule has 0 amide bonds. The molecule has 2 atom stereocenters. The van der Waals surface area contributed by atoms with Crippen molar-refractivity contribution in [2.24, 2.45) is 11.3 Å². The van der Waals surface area contributed by atoms with E-state index in [2.05, 4.69) is 70.3 Å². The van der Waals surface area contributed by atoms with Crippen molar-refractivity contribution in [3.05, 3.63) is 35.9 Å². The van der Waals surface area contributed by atoms with E-state index in [4.69, 9.17) is 0 Å². The minimum absolute atomic E-state index is 0.402. The third-order valence-corrected chi connectivity index (χ3v) is 4.42. The summed E-state index contributed by atoms with van der Waals surface area (Å²) in [5.74, 6) is 0.743. The Morgan fingerprint density at radius 3 is 2.30 bits per heavy atom. The molecule has 0 aliphatic rings. The lowest BCUT2D eigenvalue weighted by atomic mass is 9.78. The fourth-order valence-electron chi connectivity index (χ4n) is 2.42. The first-order valence-corrected chi connectivity index (χ1v) is 8.20. The van der Waals surface area contributed by atoms with E-state index in [-0.39, 0.29) is 0 Å². The molecule has 1 N–H and O–H groups in total. The highest BCUT2D eigenvalue weighted by Crippen LogP contribution is 2.29. The molecule has 0 aromatic heterocycles. The summed E-state index contributed by atoms with van der Waals surface area (Å²) in [5, 5.41) is 3.74. The Hall–Kier alpha value is -0.820. The number of hydrogen-bond acceptors (Lipinski definition) is 1. The molecule has 20 heavy (non-hydrogen) atoms. The minimum Gasteiger partial charge on any atom is -0.314 e. The van der Waals surface area contributed by atoms with Crippen LogP contribution in [0.1, 0.15) is 59.4 Å². The van der Waals surface area contributed by atoms with Gasteiger partial charge in [0.25, 0.3) is 0 Å². The van der Waals surface area contributed by atoms with Gasteiger partial charge in [-0.05, 0) is 49.1 Å². The van der Waals surface area contributed by atoms with E-state index in [9.17, 15) is 0 Å². The molecule has 0 saturated heterocycles. The lowest BCUT2D eigenvalue weighted by Crippen LogP contribution is -2.34. The smallest absolute Gasteiger partial charge is 0.00729 e. The summed E-state index contributed by atoms with van der Waals surface area (Å²) in [6, 6.07) is 11.5. The Balaban J connectivity index is 2.51. The minimum atomic E-state index is 0.402. The van der Waals surface area contributed by atoms with Crippen LogP contribution in [-0.4, -0.2) is 12.6 Å². The van der Waals surface area contributed by atoms with Crippen LogP contribution < -0.4 is 5.32 Å². The number of benzene rings is 1. The fourth-order valence-corrected chi connectivity index (χ4v) is 2.42. The van der Waals surface area contributed by atoms with Crippen LogP contribution in [0, 0.1) is 11.3 Å². The standard InChI is InChI=1S/C19H33N/c1-6-14-20-18(15-16(2)19(3,4)5)13-12-17-10-8-7-9-11-17/h7-11,16,18,20H,6,12-15H2,1-5H3. The van der Waals surface area contributed by atoms with Crippen LogP contribution in [0.2, 0.25) is 0 Å². The highest BCUT2D eigenvalue weighted by Gasteiger charge is 2.23. The SMILES string of the molecule is CCCNC(CCc1ccccc1)CC(C)C(C)(C)C. The van der Waals surface area contributed by atoms with Crippen molar-refractivity contribution in [1.82, 2.24) is 5.32 Å². The van der Waals surface area contributed by atoms with Crippen LogP contribution in [-0.2, 0) is 6.42 Å². The number of rotatable bonds is 8. The van der Waals surface area contributed by atoms with Crippen molar-refractivity contribution in [2.45, 2.75) is 66.3 Å². The predicted octanol–water partition coefficient (Wildman–Crippen LogP) is 5.06. The van der Waals surface area contributed by atoms with E-state index < -0.39 is 0 Å². The monoisotopic (exact) mass is 275 g/mol. The number of nitrogens with one attached hydrogen (secondary N) is 1. The molecule has 0 aliphatic heterocycles. The zero-order valence-electron chi connectivity index (χ0n) is 14.1. The Morgan fingerprint density at radius 1 is 1.10 bits per heavy atom. The van der Waals surface area contributed by atoms with Gasteiger partial charge in [0, 0.05) is 6.04 Å². The highest BCUT2D eigenvalue weighted by molar-refractivity contribution is 5.14. The van der Waals surface area contributed by atoms with Gasteiger partial charge in [-0.15, -0.1) is 0 Å². The first-order chi connectivity index (χ1) is 9.43. The quantitative estimate of drug-likeness (QED) is 0.699. The molecule has 1 rings (SSSR count). The molecule has 114 valence electrons. The average Bonchev–Trinajstić information content (AvgIpc) is 2.41. The van der Waals surface area contributed by atoms with Gasteiger partial charge in [0.05, 0.1) is 0 Å². The van der Waals surface area contributed by atoms with E-state index in [0.29, 0.717) is 11.5 Å². The van der Waals surface area contributed by atoms with Crippen molar-refractivity contribution in [1.29, 1.82) is 0 Å². The third kappa shape index (κ3) is 6.56. The zero-order valence-corrected chi connectivity index (χ0v) is 14.1. The molecule has 2 unspecified atom stereocenters. The normalized spacial score (nSPS) is 15.1. The van der Waals surface area contributed by atoms with Gasteiger partial charge in [0.1, 0.15) is 0 Å². The number of hydrogen-bond donors (Lipinski definition) is 1. The second-order valence-corrected chi connectivity index (χ2v) is 7.18. The molecule has 1 nitrogen and oxygen atoms in total. The first kappa shape index (κ1) is 17.2. The van der Waals surface area contributed by atoms with E-state index in [1.165, 1.54) is 31.2 Å². The fraction of sp³-hybridized carbons (Fsp3) is 0.684. The van der Waals surface area contributed by atoms with Gasteiger partial charge in [-0.1, -0.05) is 65.0 Å². The highest BCUT2D eigenvalue weighted by atomic mass is 14.9. The van der Waals surface area contributed by atoms with Crippen molar-refractivity contribution in [2.75, 3.05) is 6.54 Å². The molecule has 0 bridgehead atoms. The molecular weight excluding hydrogens is 242 g/mol. The molecule has 0 spiro atoms. The topological polar surface area (TPSA) is 12.0 Å². The van der Waals surface area contributed by atoms with E-state index in [0.717, 1.165) is 12.5 Å². The second-order valence-electron chi connectivity index (χ2n) is 7.18. The van der Waals surface area contributed by atoms with Gasteiger partial charge in [-0.2, -0.15) is 0 Å². The number of aryl methyl sites for hydroxylation is 1. The first-order valence-electron chi connectivity index (χ1n) is 8.20. The van der Waals surface area contributed by atoms with Crippen molar-refractivity contribution in [3.63, 3.8) is 0 Å². The molecule has 1 heteroatoms. The van der Waals surface area contributed by atoms with Crippen LogP contribution in [0.25, 0.3) is 0 Å². The second kappa shape index (κ2) is 8.46. The van der Waals surface area contributed by atoms with Gasteiger partial charge in [-0.3, -0.25) is 0 Å². The summed E-state index contributed by atoms with van der Waals surface area (Å²) in [4.78, 5) is 0. The summed E-state index contributed by atoms with van der Waals surface area (Å²) < 4.78 is 0. The van der Waals surface area contributed by atoms with Crippen LogP contribution in [0.4, 0.5) is 0 Å². The summed E-state index contributed by atoms with van der Waals surface area (Å²) in [7, 11) is 0. The summed E-state index contributed by atoms with van der Waals surface area (Å²) >= 11 is 0. The maximum atomic E-state index is 3.74.